The van der Waals surface area contributed by atoms with Gasteiger partial charge in [0.2, 0.25) is 0 Å². The molecule has 0 aliphatic heterocycles. The summed E-state index contributed by atoms with van der Waals surface area (Å²) in [6, 6.07) is 13.3. The molecule has 0 fully saturated rings. The molecule has 0 bridgehead atoms. The molecule has 1 aromatic heterocycles. The Bertz CT molecular complexity index is 451. The van der Waals surface area contributed by atoms with Crippen LogP contribution in [0.2, 0.25) is 0 Å². The summed E-state index contributed by atoms with van der Waals surface area (Å²) >= 11 is 0. The van der Waals surface area contributed by atoms with Crippen LogP contribution in [0.1, 0.15) is 12.6 Å². The monoisotopic (exact) mass is 199 g/mol. The minimum Gasteiger partial charge on any atom is -0.506 e. The highest BCUT2D eigenvalue weighted by atomic mass is 16.3. The first-order valence-electron chi connectivity index (χ1n) is 5.05. The van der Waals surface area contributed by atoms with E-state index in [2.05, 4.69) is 4.98 Å². The molecule has 2 nitrogen and oxygen atoms in total. The van der Waals surface area contributed by atoms with Crippen LogP contribution in [0.3, 0.4) is 0 Å². The Labute approximate surface area is 89.2 Å². The third kappa shape index (κ3) is 1.99. The van der Waals surface area contributed by atoms with Crippen molar-refractivity contribution in [3.05, 3.63) is 48.2 Å². The molecule has 1 N–H and O–H groups in total. The first-order valence-corrected chi connectivity index (χ1v) is 5.05. The molecule has 1 heterocycles. The molecule has 0 saturated carbocycles. The lowest BCUT2D eigenvalue weighted by molar-refractivity contribution is 0.474. The van der Waals surface area contributed by atoms with Crippen molar-refractivity contribution in [2.75, 3.05) is 0 Å². The Morgan fingerprint density at radius 3 is 2.47 bits per heavy atom. The van der Waals surface area contributed by atoms with Crippen molar-refractivity contribution in [2.24, 2.45) is 0 Å². The van der Waals surface area contributed by atoms with Crippen molar-refractivity contribution in [2.45, 2.75) is 13.3 Å². The summed E-state index contributed by atoms with van der Waals surface area (Å²) in [5.41, 5.74) is 2.60. The van der Waals surface area contributed by atoms with E-state index in [-0.39, 0.29) is 5.75 Å². The number of nitrogens with zero attached hydrogens (tertiary/aromatic N) is 1. The van der Waals surface area contributed by atoms with Crippen LogP contribution in [-0.4, -0.2) is 10.1 Å². The Balaban J connectivity index is 2.52. The average molecular weight is 199 g/mol. The van der Waals surface area contributed by atoms with Crippen LogP contribution < -0.4 is 0 Å². The minimum atomic E-state index is 0.235. The van der Waals surface area contributed by atoms with Gasteiger partial charge < -0.3 is 5.11 Å². The maximum absolute atomic E-state index is 9.72. The molecule has 0 amide bonds. The zero-order chi connectivity index (χ0) is 10.7. The summed E-state index contributed by atoms with van der Waals surface area (Å²) in [6.07, 6.45) is 0.875. The largest absolute Gasteiger partial charge is 0.506 e. The van der Waals surface area contributed by atoms with E-state index in [0.29, 0.717) is 5.69 Å². The predicted octanol–water partition coefficient (Wildman–Crippen LogP) is 3.02. The van der Waals surface area contributed by atoms with Crippen LogP contribution in [0.25, 0.3) is 11.3 Å². The van der Waals surface area contributed by atoms with E-state index in [4.69, 9.17) is 0 Å². The number of rotatable bonds is 2. The molecule has 2 aromatic rings. The van der Waals surface area contributed by atoms with Crippen molar-refractivity contribution in [3.8, 4) is 17.0 Å². The van der Waals surface area contributed by atoms with E-state index < -0.39 is 0 Å². The summed E-state index contributed by atoms with van der Waals surface area (Å²) in [7, 11) is 0. The van der Waals surface area contributed by atoms with Crippen LogP contribution in [0, 0.1) is 0 Å². The number of aryl methyl sites for hydroxylation is 1. The van der Waals surface area contributed by atoms with E-state index in [1.165, 1.54) is 0 Å². The van der Waals surface area contributed by atoms with Crippen molar-refractivity contribution >= 4 is 0 Å². The lowest BCUT2D eigenvalue weighted by Gasteiger charge is -2.05. The second kappa shape index (κ2) is 4.13. The lowest BCUT2D eigenvalue weighted by Crippen LogP contribution is -1.90. The Kier molecular flexibility index (Phi) is 2.68. The molecule has 15 heavy (non-hydrogen) atoms. The lowest BCUT2D eigenvalue weighted by atomic mass is 10.1. The maximum atomic E-state index is 9.72. The van der Waals surface area contributed by atoms with Gasteiger partial charge in [0.1, 0.15) is 11.4 Å². The number of hydrogen-bond donors (Lipinski definition) is 1. The van der Waals surface area contributed by atoms with Crippen molar-refractivity contribution in [1.29, 1.82) is 0 Å². The zero-order valence-corrected chi connectivity index (χ0v) is 8.64. The van der Waals surface area contributed by atoms with E-state index >= 15 is 0 Å². The van der Waals surface area contributed by atoms with Gasteiger partial charge in [-0.3, -0.25) is 0 Å². The van der Waals surface area contributed by atoms with Gasteiger partial charge in [0.05, 0.1) is 0 Å². The van der Waals surface area contributed by atoms with E-state index in [0.717, 1.165) is 17.7 Å². The molecule has 2 rings (SSSR count). The van der Waals surface area contributed by atoms with Gasteiger partial charge in [0.25, 0.3) is 0 Å². The normalized spacial score (nSPS) is 10.2. The van der Waals surface area contributed by atoms with Gasteiger partial charge in [-0.1, -0.05) is 37.3 Å². The third-order valence-corrected chi connectivity index (χ3v) is 2.34. The molecule has 0 aliphatic rings. The molecule has 0 radical (unpaired) electrons. The summed E-state index contributed by atoms with van der Waals surface area (Å²) in [5, 5.41) is 9.72. The van der Waals surface area contributed by atoms with Gasteiger partial charge >= 0.3 is 0 Å². The SMILES string of the molecule is CCc1ccc(O)c(-c2ccccc2)n1. The fourth-order valence-electron chi connectivity index (χ4n) is 1.50. The molecule has 1 aromatic carbocycles. The minimum absolute atomic E-state index is 0.235. The van der Waals surface area contributed by atoms with Crippen molar-refractivity contribution in [1.82, 2.24) is 4.98 Å². The standard InChI is InChI=1S/C13H13NO/c1-2-11-8-9-12(15)13(14-11)10-6-4-3-5-7-10/h3-9,15H,2H2,1H3. The quantitative estimate of drug-likeness (QED) is 0.806. The molecular formula is C13H13NO. The smallest absolute Gasteiger partial charge is 0.141 e. The summed E-state index contributed by atoms with van der Waals surface area (Å²) in [4.78, 5) is 4.41. The summed E-state index contributed by atoms with van der Waals surface area (Å²) < 4.78 is 0. The molecule has 0 atom stereocenters. The van der Waals surface area contributed by atoms with Crippen LogP contribution in [-0.2, 0) is 6.42 Å². The second-order valence-electron chi connectivity index (χ2n) is 3.39. The topological polar surface area (TPSA) is 33.1 Å². The average Bonchev–Trinajstić information content (AvgIpc) is 2.31. The number of hydrogen-bond acceptors (Lipinski definition) is 2. The van der Waals surface area contributed by atoms with Gasteiger partial charge in [-0.2, -0.15) is 0 Å². The van der Waals surface area contributed by atoms with Crippen LogP contribution in [0.15, 0.2) is 42.5 Å². The molecule has 0 saturated heterocycles. The van der Waals surface area contributed by atoms with Gasteiger partial charge in [-0.15, -0.1) is 0 Å². The zero-order valence-electron chi connectivity index (χ0n) is 8.64. The summed E-state index contributed by atoms with van der Waals surface area (Å²) in [5.74, 6) is 0.235. The van der Waals surface area contributed by atoms with Crippen LogP contribution in [0.5, 0.6) is 5.75 Å². The fraction of sp³-hybridized carbons (Fsp3) is 0.154. The number of aromatic nitrogens is 1. The predicted molar refractivity (Wildman–Crippen MR) is 60.7 cm³/mol. The van der Waals surface area contributed by atoms with Crippen molar-refractivity contribution < 1.29 is 5.11 Å². The van der Waals surface area contributed by atoms with E-state index in [1.54, 1.807) is 6.07 Å². The molecule has 76 valence electrons. The molecule has 2 heteroatoms. The molecule has 0 spiro atoms. The number of pyridine rings is 1. The highest BCUT2D eigenvalue weighted by Gasteiger charge is 2.05. The first kappa shape index (κ1) is 9.71. The van der Waals surface area contributed by atoms with Gasteiger partial charge in [-0.05, 0) is 18.6 Å². The highest BCUT2D eigenvalue weighted by molar-refractivity contribution is 5.65. The second-order valence-corrected chi connectivity index (χ2v) is 3.39. The molecular weight excluding hydrogens is 186 g/mol. The van der Waals surface area contributed by atoms with Crippen LogP contribution in [0.4, 0.5) is 0 Å². The third-order valence-electron chi connectivity index (χ3n) is 2.34. The Hall–Kier alpha value is -1.83. The highest BCUT2D eigenvalue weighted by Crippen LogP contribution is 2.26. The van der Waals surface area contributed by atoms with Crippen molar-refractivity contribution in [3.63, 3.8) is 0 Å². The van der Waals surface area contributed by atoms with Gasteiger partial charge in [-0.25, -0.2) is 4.98 Å². The van der Waals surface area contributed by atoms with E-state index in [1.807, 2.05) is 43.3 Å². The fourth-order valence-corrected chi connectivity index (χ4v) is 1.50. The molecule has 0 aliphatic carbocycles. The van der Waals surface area contributed by atoms with Crippen LogP contribution >= 0.6 is 0 Å². The van der Waals surface area contributed by atoms with E-state index in [9.17, 15) is 5.11 Å². The van der Waals surface area contributed by atoms with Gasteiger partial charge in [0, 0.05) is 11.3 Å². The Morgan fingerprint density at radius 1 is 1.07 bits per heavy atom. The summed E-state index contributed by atoms with van der Waals surface area (Å²) in [6.45, 7) is 2.05. The number of benzene rings is 1. The number of aromatic hydroxyl groups is 1. The molecule has 0 unspecified atom stereocenters. The first-order chi connectivity index (χ1) is 7.31. The maximum Gasteiger partial charge on any atom is 0.141 e. The van der Waals surface area contributed by atoms with Gasteiger partial charge in [0.15, 0.2) is 0 Å². The Morgan fingerprint density at radius 2 is 1.80 bits per heavy atom.